The third-order valence-corrected chi connectivity index (χ3v) is 7.85. The van der Waals surface area contributed by atoms with Gasteiger partial charge >= 0.3 is 11.9 Å². The molecular formula is C25H22ClF2N5O5S. The number of rotatable bonds is 7. The lowest BCUT2D eigenvalue weighted by Gasteiger charge is -2.34. The van der Waals surface area contributed by atoms with E-state index in [9.17, 15) is 18.4 Å². The highest BCUT2D eigenvalue weighted by Gasteiger charge is 2.39. The molecule has 14 heteroatoms. The SMILES string of the molecule is CCOC(=O)C1=C(C2CCC(c3nc(C(=O)O)no3)CC2)NC(c2nccs2)=NC1c1ccc(F)c(F)c1Cl. The van der Waals surface area contributed by atoms with E-state index in [-0.39, 0.29) is 35.5 Å². The van der Waals surface area contributed by atoms with Crippen LogP contribution in [0.4, 0.5) is 8.78 Å². The van der Waals surface area contributed by atoms with Gasteiger partial charge in [0.25, 0.3) is 5.82 Å². The summed E-state index contributed by atoms with van der Waals surface area (Å²) < 4.78 is 39.0. The largest absolute Gasteiger partial charge is 0.475 e. The number of allylic oxidation sites excluding steroid dienone is 1. The van der Waals surface area contributed by atoms with Crippen LogP contribution < -0.4 is 5.32 Å². The summed E-state index contributed by atoms with van der Waals surface area (Å²) in [6, 6.07) is 1.18. The number of nitrogens with one attached hydrogen (secondary N) is 1. The molecule has 1 aliphatic carbocycles. The van der Waals surface area contributed by atoms with Gasteiger partial charge in [0.1, 0.15) is 6.04 Å². The molecule has 0 bridgehead atoms. The lowest BCUT2D eigenvalue weighted by Crippen LogP contribution is -2.38. The lowest BCUT2D eigenvalue weighted by molar-refractivity contribution is -0.139. The second kappa shape index (κ2) is 11.2. The van der Waals surface area contributed by atoms with Crippen LogP contribution in [0.25, 0.3) is 0 Å². The number of esters is 1. The number of hydrogen-bond acceptors (Lipinski definition) is 10. The zero-order chi connectivity index (χ0) is 27.7. The van der Waals surface area contributed by atoms with Crippen LogP contribution in [0.15, 0.2) is 44.5 Å². The number of hydrogen-bond donors (Lipinski definition) is 2. The Bertz CT molecular complexity index is 1470. The standard InChI is InChI=1S/C25H22ClF2N5O5S/c1-2-37-25(36)15-18(11-3-5-12(6-4-11)22-32-21(24(34)35)33-38-22)30-20(23-29-9-10-39-23)31-19(15)13-7-8-14(27)17(28)16(13)26/h7-12,19H,2-6H2,1H3,(H,30,31)(H,34,35). The molecule has 10 nitrogen and oxygen atoms in total. The van der Waals surface area contributed by atoms with Crippen molar-refractivity contribution in [3.8, 4) is 0 Å². The molecule has 0 amide bonds. The minimum absolute atomic E-state index is 0.0900. The number of carboxylic acid groups (broad SMARTS) is 1. The maximum absolute atomic E-state index is 14.5. The summed E-state index contributed by atoms with van der Waals surface area (Å²) in [5.74, 6) is -4.40. The highest BCUT2D eigenvalue weighted by atomic mass is 35.5. The number of thiazole rings is 1. The average molecular weight is 578 g/mol. The van der Waals surface area contributed by atoms with E-state index >= 15 is 0 Å². The van der Waals surface area contributed by atoms with E-state index in [1.54, 1.807) is 18.5 Å². The van der Waals surface area contributed by atoms with E-state index in [0.29, 0.717) is 42.2 Å². The molecule has 204 valence electrons. The molecular weight excluding hydrogens is 556 g/mol. The number of benzene rings is 1. The van der Waals surface area contributed by atoms with E-state index in [4.69, 9.17) is 26.0 Å². The van der Waals surface area contributed by atoms with Gasteiger partial charge in [-0.3, -0.25) is 4.99 Å². The normalized spacial score (nSPS) is 21.3. The minimum Gasteiger partial charge on any atom is -0.475 e. The van der Waals surface area contributed by atoms with Crippen molar-refractivity contribution in [2.45, 2.75) is 44.6 Å². The quantitative estimate of drug-likeness (QED) is 0.292. The fourth-order valence-electron chi connectivity index (χ4n) is 4.86. The molecule has 1 fully saturated rings. The van der Waals surface area contributed by atoms with Crippen molar-refractivity contribution in [2.24, 2.45) is 10.9 Å². The Labute approximate surface area is 229 Å². The monoisotopic (exact) mass is 577 g/mol. The Hall–Kier alpha value is -3.71. The molecule has 1 unspecified atom stereocenters. The van der Waals surface area contributed by atoms with Crippen LogP contribution in [0.2, 0.25) is 5.02 Å². The Kier molecular flexibility index (Phi) is 7.71. The number of aromatic nitrogens is 3. The van der Waals surface area contributed by atoms with Gasteiger partial charge in [0.15, 0.2) is 22.5 Å². The first kappa shape index (κ1) is 26.9. The molecule has 1 aromatic carbocycles. The summed E-state index contributed by atoms with van der Waals surface area (Å²) in [7, 11) is 0. The van der Waals surface area contributed by atoms with Gasteiger partial charge in [0, 0.05) is 28.8 Å². The first-order chi connectivity index (χ1) is 18.8. The average Bonchev–Trinajstić information content (AvgIpc) is 3.65. The van der Waals surface area contributed by atoms with Crippen molar-refractivity contribution in [3.05, 3.63) is 73.9 Å². The summed E-state index contributed by atoms with van der Waals surface area (Å²) in [5.41, 5.74) is 0.807. The number of nitrogens with zero attached hydrogens (tertiary/aromatic N) is 4. The third kappa shape index (κ3) is 5.28. The maximum atomic E-state index is 14.5. The fraction of sp³-hybridized carbons (Fsp3) is 0.360. The Morgan fingerprint density at radius 3 is 2.62 bits per heavy atom. The number of amidine groups is 1. The molecule has 2 aromatic heterocycles. The molecule has 1 saturated carbocycles. The van der Waals surface area contributed by atoms with Crippen LogP contribution in [0.1, 0.15) is 71.6 Å². The summed E-state index contributed by atoms with van der Waals surface area (Å²) in [6.45, 7) is 1.76. The van der Waals surface area contributed by atoms with Crippen LogP contribution in [0.5, 0.6) is 0 Å². The maximum Gasteiger partial charge on any atom is 0.377 e. The van der Waals surface area contributed by atoms with Gasteiger partial charge in [0.05, 0.1) is 17.2 Å². The van der Waals surface area contributed by atoms with E-state index in [0.717, 1.165) is 6.07 Å². The van der Waals surface area contributed by atoms with Gasteiger partial charge in [-0.25, -0.2) is 23.4 Å². The van der Waals surface area contributed by atoms with E-state index in [1.165, 1.54) is 17.4 Å². The molecule has 0 spiro atoms. The van der Waals surface area contributed by atoms with Crippen molar-refractivity contribution in [2.75, 3.05) is 6.61 Å². The van der Waals surface area contributed by atoms with Crippen molar-refractivity contribution in [3.63, 3.8) is 0 Å². The fourth-order valence-corrected chi connectivity index (χ4v) is 5.71. The predicted octanol–water partition coefficient (Wildman–Crippen LogP) is 5.04. The molecule has 1 aliphatic heterocycles. The number of carbonyl (C=O) groups excluding carboxylic acids is 1. The number of ether oxygens (including phenoxy) is 1. The van der Waals surface area contributed by atoms with Crippen molar-refractivity contribution in [1.82, 2.24) is 20.4 Å². The van der Waals surface area contributed by atoms with Gasteiger partial charge in [-0.05, 0) is 49.7 Å². The molecule has 39 heavy (non-hydrogen) atoms. The van der Waals surface area contributed by atoms with Crippen LogP contribution in [-0.4, -0.2) is 44.6 Å². The van der Waals surface area contributed by atoms with Gasteiger partial charge in [-0.15, -0.1) is 11.3 Å². The van der Waals surface area contributed by atoms with Crippen LogP contribution >= 0.6 is 22.9 Å². The van der Waals surface area contributed by atoms with Crippen molar-refractivity contribution >= 4 is 40.7 Å². The Morgan fingerprint density at radius 2 is 1.97 bits per heavy atom. The molecule has 2 aliphatic rings. The van der Waals surface area contributed by atoms with Crippen LogP contribution in [-0.2, 0) is 9.53 Å². The summed E-state index contributed by atoms with van der Waals surface area (Å²) in [4.78, 5) is 37.4. The highest BCUT2D eigenvalue weighted by molar-refractivity contribution is 7.11. The van der Waals surface area contributed by atoms with Gasteiger partial charge in [-0.1, -0.05) is 17.7 Å². The molecule has 0 saturated heterocycles. The number of halogens is 3. The summed E-state index contributed by atoms with van der Waals surface area (Å²) in [6.07, 6.45) is 3.91. The first-order valence-electron chi connectivity index (χ1n) is 12.1. The van der Waals surface area contributed by atoms with Crippen LogP contribution in [0, 0.1) is 17.6 Å². The zero-order valence-corrected chi connectivity index (χ0v) is 22.1. The predicted molar refractivity (Wildman–Crippen MR) is 136 cm³/mol. The molecule has 5 rings (SSSR count). The van der Waals surface area contributed by atoms with Crippen molar-refractivity contribution in [1.29, 1.82) is 0 Å². The Morgan fingerprint density at radius 1 is 1.23 bits per heavy atom. The molecule has 3 aromatic rings. The topological polar surface area (TPSA) is 140 Å². The van der Waals surface area contributed by atoms with E-state index in [1.807, 2.05) is 0 Å². The number of carbonyl (C=O) groups is 2. The van der Waals surface area contributed by atoms with Crippen LogP contribution in [0.3, 0.4) is 0 Å². The Balaban J connectivity index is 1.54. The lowest BCUT2D eigenvalue weighted by atomic mass is 9.78. The molecule has 1 atom stereocenters. The van der Waals surface area contributed by atoms with E-state index in [2.05, 4.69) is 25.4 Å². The summed E-state index contributed by atoms with van der Waals surface area (Å²) >= 11 is 7.56. The second-order valence-electron chi connectivity index (χ2n) is 8.96. The number of aromatic carboxylic acids is 1. The molecule has 3 heterocycles. The minimum atomic E-state index is -1.27. The highest BCUT2D eigenvalue weighted by Crippen LogP contribution is 2.44. The first-order valence-corrected chi connectivity index (χ1v) is 13.4. The van der Waals surface area contributed by atoms with Gasteiger partial charge in [-0.2, -0.15) is 4.98 Å². The van der Waals surface area contributed by atoms with Gasteiger partial charge < -0.3 is 19.7 Å². The molecule has 0 radical (unpaired) electrons. The number of carboxylic acids is 1. The third-order valence-electron chi connectivity index (χ3n) is 6.68. The van der Waals surface area contributed by atoms with Crippen molar-refractivity contribution < 1.29 is 32.7 Å². The number of aliphatic imine (C=N–C) groups is 1. The second-order valence-corrected chi connectivity index (χ2v) is 10.2. The molecule has 2 N–H and O–H groups in total. The van der Waals surface area contributed by atoms with E-state index < -0.39 is 40.5 Å². The summed E-state index contributed by atoms with van der Waals surface area (Å²) in [5, 5.41) is 17.7. The zero-order valence-electron chi connectivity index (χ0n) is 20.5. The van der Waals surface area contributed by atoms with Gasteiger partial charge in [0.2, 0.25) is 5.89 Å². The smallest absolute Gasteiger partial charge is 0.377 e.